The summed E-state index contributed by atoms with van der Waals surface area (Å²) in [5, 5.41) is 2.70. The molecule has 1 aliphatic rings. The molecular formula is C27H32N2O8. The number of rotatable bonds is 9. The second kappa shape index (κ2) is 13.3. The third-order valence-corrected chi connectivity index (χ3v) is 5.89. The van der Waals surface area contributed by atoms with Gasteiger partial charge in [0.1, 0.15) is 24.0 Å². The number of hydrogen-bond donors (Lipinski definition) is 1. The molecule has 2 aromatic rings. The lowest BCUT2D eigenvalue weighted by atomic mass is 9.92. The smallest absolute Gasteiger partial charge is 0.329 e. The lowest BCUT2D eigenvalue weighted by Gasteiger charge is -2.30. The number of hydrogen-bond acceptors (Lipinski definition) is 9. The highest BCUT2D eigenvalue weighted by molar-refractivity contribution is 5.98. The molecule has 0 saturated carbocycles. The van der Waals surface area contributed by atoms with E-state index in [-0.39, 0.29) is 23.1 Å². The number of pyridine rings is 1. The van der Waals surface area contributed by atoms with Crippen LogP contribution in [0, 0.1) is 5.92 Å². The molecule has 10 heteroatoms. The van der Waals surface area contributed by atoms with Gasteiger partial charge in [-0.05, 0) is 31.9 Å². The highest BCUT2D eigenvalue weighted by atomic mass is 16.7. The number of para-hydroxylation sites is 1. The number of amides is 1. The van der Waals surface area contributed by atoms with Crippen LogP contribution in [0.15, 0.2) is 55.3 Å². The summed E-state index contributed by atoms with van der Waals surface area (Å²) >= 11 is 0. The van der Waals surface area contributed by atoms with Crippen LogP contribution < -0.4 is 19.5 Å². The van der Waals surface area contributed by atoms with Crippen LogP contribution in [0.2, 0.25) is 0 Å². The molecule has 198 valence electrons. The number of ether oxygens (including phenoxy) is 5. The van der Waals surface area contributed by atoms with Crippen molar-refractivity contribution in [1.29, 1.82) is 0 Å². The average molecular weight is 513 g/mol. The Morgan fingerprint density at radius 1 is 1.22 bits per heavy atom. The molecule has 3 rings (SSSR count). The zero-order valence-corrected chi connectivity index (χ0v) is 21.2. The predicted octanol–water partition coefficient (Wildman–Crippen LogP) is 3.45. The fourth-order valence-corrected chi connectivity index (χ4v) is 4.03. The predicted molar refractivity (Wildman–Crippen MR) is 133 cm³/mol. The molecule has 1 aliphatic heterocycles. The first-order valence-electron chi connectivity index (χ1n) is 12.0. The molecule has 1 amide bonds. The Morgan fingerprint density at radius 3 is 2.65 bits per heavy atom. The first-order valence-corrected chi connectivity index (χ1v) is 12.0. The maximum absolute atomic E-state index is 13.2. The fourth-order valence-electron chi connectivity index (χ4n) is 4.03. The van der Waals surface area contributed by atoms with E-state index >= 15 is 0 Å². The molecule has 10 nitrogen and oxygen atoms in total. The molecule has 0 radical (unpaired) electrons. The molecule has 0 bridgehead atoms. The molecule has 0 spiro atoms. The summed E-state index contributed by atoms with van der Waals surface area (Å²) in [6.45, 7) is 6.50. The minimum absolute atomic E-state index is 0.0170. The number of methoxy groups -OCH3 is 1. The largest absolute Gasteiger partial charge is 0.493 e. The lowest BCUT2D eigenvalue weighted by molar-refractivity contribution is -0.155. The van der Waals surface area contributed by atoms with E-state index in [2.05, 4.69) is 16.9 Å². The van der Waals surface area contributed by atoms with Crippen LogP contribution in [0.4, 0.5) is 0 Å². The second-order valence-electron chi connectivity index (χ2n) is 8.48. The van der Waals surface area contributed by atoms with Crippen LogP contribution in [0.5, 0.6) is 17.2 Å². The summed E-state index contributed by atoms with van der Waals surface area (Å²) < 4.78 is 27.4. The van der Waals surface area contributed by atoms with E-state index in [1.807, 2.05) is 36.4 Å². The van der Waals surface area contributed by atoms with Gasteiger partial charge in [0.25, 0.3) is 5.91 Å². The van der Waals surface area contributed by atoms with E-state index in [0.717, 1.165) is 0 Å². The van der Waals surface area contributed by atoms with Crippen molar-refractivity contribution in [3.05, 3.63) is 60.9 Å². The van der Waals surface area contributed by atoms with Gasteiger partial charge in [0.15, 0.2) is 17.2 Å². The van der Waals surface area contributed by atoms with Crippen molar-refractivity contribution in [3.8, 4) is 17.2 Å². The van der Waals surface area contributed by atoms with Gasteiger partial charge < -0.3 is 29.0 Å². The summed E-state index contributed by atoms with van der Waals surface area (Å²) in [4.78, 5) is 41.5. The maximum atomic E-state index is 13.2. The van der Waals surface area contributed by atoms with Gasteiger partial charge in [-0.1, -0.05) is 30.7 Å². The molecule has 1 fully saturated rings. The lowest BCUT2D eigenvalue weighted by Crippen LogP contribution is -2.45. The highest BCUT2D eigenvalue weighted by Crippen LogP contribution is 2.30. The van der Waals surface area contributed by atoms with Gasteiger partial charge in [-0.25, -0.2) is 9.78 Å². The Bertz CT molecular complexity index is 1090. The first-order chi connectivity index (χ1) is 17.8. The van der Waals surface area contributed by atoms with Gasteiger partial charge in [0.2, 0.25) is 6.79 Å². The summed E-state index contributed by atoms with van der Waals surface area (Å²) in [6, 6.07) is 9.88. The monoisotopic (exact) mass is 512 g/mol. The summed E-state index contributed by atoms with van der Waals surface area (Å²) in [5.74, 6) is -1.01. The van der Waals surface area contributed by atoms with Crippen molar-refractivity contribution in [2.24, 2.45) is 5.92 Å². The zero-order chi connectivity index (χ0) is 26.8. The Labute approximate surface area is 215 Å². The number of benzene rings is 1. The minimum atomic E-state index is -0.926. The van der Waals surface area contributed by atoms with Crippen molar-refractivity contribution < 1.29 is 38.1 Å². The SMILES string of the molecule is C=C[C@H]1CCC[C@H](NC(=O)c2nccc(OC)c2OCOC(C)=O)C(=O)O[C@@H](C)[C@@H]1Oc1ccccc1. The Morgan fingerprint density at radius 2 is 1.97 bits per heavy atom. The van der Waals surface area contributed by atoms with Gasteiger partial charge in [0, 0.05) is 25.1 Å². The van der Waals surface area contributed by atoms with Gasteiger partial charge in [-0.2, -0.15) is 0 Å². The second-order valence-corrected chi connectivity index (χ2v) is 8.48. The van der Waals surface area contributed by atoms with Crippen molar-refractivity contribution in [2.75, 3.05) is 13.9 Å². The van der Waals surface area contributed by atoms with Crippen molar-refractivity contribution >= 4 is 17.8 Å². The Hall–Kier alpha value is -4.08. The molecular weight excluding hydrogens is 480 g/mol. The highest BCUT2D eigenvalue weighted by Gasteiger charge is 2.35. The van der Waals surface area contributed by atoms with Crippen LogP contribution in [0.25, 0.3) is 0 Å². The maximum Gasteiger partial charge on any atom is 0.329 e. The first kappa shape index (κ1) is 27.5. The van der Waals surface area contributed by atoms with Gasteiger partial charge in [0.05, 0.1) is 7.11 Å². The molecule has 1 aromatic heterocycles. The third kappa shape index (κ3) is 7.45. The molecule has 1 saturated heterocycles. The van der Waals surface area contributed by atoms with E-state index < -0.39 is 42.9 Å². The van der Waals surface area contributed by atoms with Crippen LogP contribution in [0.3, 0.4) is 0 Å². The summed E-state index contributed by atoms with van der Waals surface area (Å²) in [5.41, 5.74) is -0.124. The van der Waals surface area contributed by atoms with Crippen LogP contribution in [-0.2, 0) is 19.1 Å². The van der Waals surface area contributed by atoms with Crippen LogP contribution in [0.1, 0.15) is 43.6 Å². The number of carbonyl (C=O) groups excluding carboxylic acids is 3. The molecule has 37 heavy (non-hydrogen) atoms. The molecule has 4 atom stereocenters. The van der Waals surface area contributed by atoms with E-state index in [0.29, 0.717) is 25.0 Å². The number of carbonyl (C=O) groups is 3. The van der Waals surface area contributed by atoms with Crippen LogP contribution >= 0.6 is 0 Å². The van der Waals surface area contributed by atoms with Crippen molar-refractivity contribution in [2.45, 2.75) is 51.4 Å². The standard InChI is InChI=1S/C27H32N2O8/c1-5-19-10-9-13-21(27(32)36-17(2)24(19)37-20-11-7-6-8-12-20)29-26(31)23-25(35-16-34-18(3)30)22(33-4)14-15-28-23/h5-8,11-12,14-15,17,19,21,24H,1,9-10,13,16H2,2-4H3,(H,29,31)/t17-,19-,21-,24-/m0/s1. The Balaban J connectivity index is 1.76. The molecule has 1 N–H and O–H groups in total. The normalized spacial score (nSPS) is 21.8. The topological polar surface area (TPSA) is 122 Å². The average Bonchev–Trinajstić information content (AvgIpc) is 2.93. The van der Waals surface area contributed by atoms with Crippen molar-refractivity contribution in [1.82, 2.24) is 10.3 Å². The van der Waals surface area contributed by atoms with Gasteiger partial charge >= 0.3 is 11.9 Å². The van der Waals surface area contributed by atoms with Gasteiger partial charge in [-0.3, -0.25) is 9.59 Å². The van der Waals surface area contributed by atoms with E-state index in [9.17, 15) is 14.4 Å². The molecule has 0 unspecified atom stereocenters. The number of nitrogens with zero attached hydrogens (tertiary/aromatic N) is 1. The summed E-state index contributed by atoms with van der Waals surface area (Å²) in [7, 11) is 1.40. The molecule has 1 aromatic carbocycles. The number of aromatic nitrogens is 1. The Kier molecular flexibility index (Phi) is 9.88. The van der Waals surface area contributed by atoms with Crippen LogP contribution in [-0.4, -0.2) is 55.0 Å². The van der Waals surface area contributed by atoms with Crippen molar-refractivity contribution in [3.63, 3.8) is 0 Å². The zero-order valence-electron chi connectivity index (χ0n) is 21.2. The summed E-state index contributed by atoms with van der Waals surface area (Å²) in [6.07, 6.45) is 3.76. The molecule has 0 aliphatic carbocycles. The quantitative estimate of drug-likeness (QED) is 0.306. The van der Waals surface area contributed by atoms with Gasteiger partial charge in [-0.15, -0.1) is 6.58 Å². The number of esters is 2. The van der Waals surface area contributed by atoms with E-state index in [1.165, 1.54) is 26.3 Å². The molecule has 2 heterocycles. The van der Waals surface area contributed by atoms with E-state index in [4.69, 9.17) is 23.7 Å². The van der Waals surface area contributed by atoms with E-state index in [1.54, 1.807) is 6.92 Å². The number of nitrogens with one attached hydrogen (secondary N) is 1. The number of cyclic esters (lactones) is 1. The fraction of sp³-hybridized carbons (Fsp3) is 0.407. The minimum Gasteiger partial charge on any atom is -0.493 e. The third-order valence-electron chi connectivity index (χ3n) is 5.89.